The molecule has 4 nitrogen and oxygen atoms in total. The number of hydrogen-bond donors (Lipinski definition) is 1. The van der Waals surface area contributed by atoms with Crippen LogP contribution in [-0.4, -0.2) is 42.0 Å². The molecule has 7 heteroatoms. The number of likely N-dealkylation sites (tertiary alicyclic amines) is 1. The summed E-state index contributed by atoms with van der Waals surface area (Å²) in [5, 5.41) is 3.09. The Hall–Kier alpha value is -1.99. The van der Waals surface area contributed by atoms with E-state index < -0.39 is 11.6 Å². The number of benzene rings is 2. The van der Waals surface area contributed by atoms with E-state index in [1.807, 2.05) is 24.3 Å². The van der Waals surface area contributed by atoms with Crippen molar-refractivity contribution in [2.45, 2.75) is 32.0 Å². The second kappa shape index (κ2) is 9.47. The van der Waals surface area contributed by atoms with E-state index in [1.54, 1.807) is 18.0 Å². The van der Waals surface area contributed by atoms with Gasteiger partial charge in [-0.05, 0) is 48.2 Å². The summed E-state index contributed by atoms with van der Waals surface area (Å²) in [7, 11) is 1.79. The van der Waals surface area contributed by atoms with E-state index in [9.17, 15) is 13.6 Å². The summed E-state index contributed by atoms with van der Waals surface area (Å²) in [6.45, 7) is 2.75. The van der Waals surface area contributed by atoms with E-state index in [0.717, 1.165) is 41.5 Å². The van der Waals surface area contributed by atoms with Crippen molar-refractivity contribution in [1.29, 1.82) is 0 Å². The Balaban J connectivity index is 1.43. The molecule has 1 N–H and O–H groups in total. The molecule has 0 atom stereocenters. The predicted octanol–water partition coefficient (Wildman–Crippen LogP) is 4.53. The van der Waals surface area contributed by atoms with E-state index in [4.69, 9.17) is 0 Å². The standard InChI is InChI=1S/C21H24BrF2N3O/c1-26(13-15-2-5-17(22)6-3-15)21(28)25-18-8-10-27(11-9-18)14-16-4-7-19(23)20(24)12-16/h2-7,12,18H,8-11,13-14H2,1H3,(H,25,28). The van der Waals surface area contributed by atoms with Gasteiger partial charge in [0, 0.05) is 43.7 Å². The molecule has 1 heterocycles. The molecule has 1 aliphatic heterocycles. The lowest BCUT2D eigenvalue weighted by molar-refractivity contribution is 0.173. The zero-order chi connectivity index (χ0) is 20.1. The first-order chi connectivity index (χ1) is 13.4. The summed E-state index contributed by atoms with van der Waals surface area (Å²) < 4.78 is 27.4. The molecule has 2 aromatic rings. The predicted molar refractivity (Wildman–Crippen MR) is 109 cm³/mol. The molecule has 0 saturated carbocycles. The third-order valence-corrected chi connectivity index (χ3v) is 5.51. The molecule has 3 rings (SSSR count). The Morgan fingerprint density at radius 2 is 1.75 bits per heavy atom. The van der Waals surface area contributed by atoms with Crippen molar-refractivity contribution in [2.24, 2.45) is 0 Å². The van der Waals surface area contributed by atoms with Gasteiger partial charge in [-0.1, -0.05) is 34.1 Å². The normalized spacial score (nSPS) is 15.4. The van der Waals surface area contributed by atoms with E-state index >= 15 is 0 Å². The van der Waals surface area contributed by atoms with E-state index in [2.05, 4.69) is 26.1 Å². The molecule has 0 aromatic heterocycles. The Bertz CT molecular complexity index is 808. The molecule has 0 radical (unpaired) electrons. The highest BCUT2D eigenvalue weighted by Gasteiger charge is 2.22. The minimum absolute atomic E-state index is 0.0815. The van der Waals surface area contributed by atoms with Gasteiger partial charge in [-0.2, -0.15) is 0 Å². The highest BCUT2D eigenvalue weighted by molar-refractivity contribution is 9.10. The van der Waals surface area contributed by atoms with E-state index in [-0.39, 0.29) is 12.1 Å². The Morgan fingerprint density at radius 1 is 1.11 bits per heavy atom. The van der Waals surface area contributed by atoms with Crippen LogP contribution in [0.25, 0.3) is 0 Å². The Kier molecular flexibility index (Phi) is 7.02. The van der Waals surface area contributed by atoms with Crippen LogP contribution in [0.15, 0.2) is 46.9 Å². The number of carbonyl (C=O) groups excluding carboxylic acids is 1. The molecule has 0 bridgehead atoms. The highest BCUT2D eigenvalue weighted by Crippen LogP contribution is 2.16. The maximum atomic E-state index is 13.3. The van der Waals surface area contributed by atoms with Crippen LogP contribution in [0.1, 0.15) is 24.0 Å². The highest BCUT2D eigenvalue weighted by atomic mass is 79.9. The number of piperidine rings is 1. The number of nitrogens with zero attached hydrogens (tertiary/aromatic N) is 2. The number of halogens is 3. The molecule has 0 unspecified atom stereocenters. The van der Waals surface area contributed by atoms with Crippen LogP contribution < -0.4 is 5.32 Å². The van der Waals surface area contributed by atoms with Crippen LogP contribution >= 0.6 is 15.9 Å². The van der Waals surface area contributed by atoms with Gasteiger partial charge in [0.25, 0.3) is 0 Å². The zero-order valence-electron chi connectivity index (χ0n) is 15.8. The number of rotatable bonds is 5. The van der Waals surface area contributed by atoms with Crippen LogP contribution in [-0.2, 0) is 13.1 Å². The average Bonchev–Trinajstić information content (AvgIpc) is 2.68. The summed E-state index contributed by atoms with van der Waals surface area (Å²) in [6.07, 6.45) is 1.67. The maximum absolute atomic E-state index is 13.3. The van der Waals surface area contributed by atoms with Crippen molar-refractivity contribution >= 4 is 22.0 Å². The van der Waals surface area contributed by atoms with Crippen molar-refractivity contribution in [2.75, 3.05) is 20.1 Å². The maximum Gasteiger partial charge on any atom is 0.317 e. The van der Waals surface area contributed by atoms with Crippen LogP contribution in [0.5, 0.6) is 0 Å². The quantitative estimate of drug-likeness (QED) is 0.724. The first kappa shape index (κ1) is 20.7. The SMILES string of the molecule is CN(Cc1ccc(Br)cc1)C(=O)NC1CCN(Cc2ccc(F)c(F)c2)CC1. The molecular weight excluding hydrogens is 428 g/mol. The van der Waals surface area contributed by atoms with Gasteiger partial charge < -0.3 is 10.2 Å². The fourth-order valence-corrected chi connectivity index (χ4v) is 3.62. The zero-order valence-corrected chi connectivity index (χ0v) is 17.4. The Labute approximate surface area is 172 Å². The fourth-order valence-electron chi connectivity index (χ4n) is 3.35. The lowest BCUT2D eigenvalue weighted by atomic mass is 10.0. The van der Waals surface area contributed by atoms with Gasteiger partial charge in [-0.3, -0.25) is 4.90 Å². The number of urea groups is 1. The van der Waals surface area contributed by atoms with Gasteiger partial charge in [-0.25, -0.2) is 13.6 Å². The molecule has 2 amide bonds. The molecule has 0 spiro atoms. The van der Waals surface area contributed by atoms with Gasteiger partial charge in [0.1, 0.15) is 0 Å². The smallest absolute Gasteiger partial charge is 0.317 e. The first-order valence-corrected chi connectivity index (χ1v) is 10.1. The number of hydrogen-bond acceptors (Lipinski definition) is 2. The third-order valence-electron chi connectivity index (χ3n) is 4.99. The van der Waals surface area contributed by atoms with Crippen LogP contribution in [0.3, 0.4) is 0 Å². The van der Waals surface area contributed by atoms with Crippen LogP contribution in [0, 0.1) is 11.6 Å². The van der Waals surface area contributed by atoms with Gasteiger partial charge in [-0.15, -0.1) is 0 Å². The number of nitrogens with one attached hydrogen (secondary N) is 1. The monoisotopic (exact) mass is 451 g/mol. The Morgan fingerprint density at radius 3 is 2.39 bits per heavy atom. The van der Waals surface area contributed by atoms with Crippen LogP contribution in [0.2, 0.25) is 0 Å². The van der Waals surface area contributed by atoms with Gasteiger partial charge in [0.05, 0.1) is 0 Å². The summed E-state index contributed by atoms with van der Waals surface area (Å²) >= 11 is 3.41. The van der Waals surface area contributed by atoms with Crippen molar-refractivity contribution in [3.63, 3.8) is 0 Å². The molecule has 1 fully saturated rings. The number of carbonyl (C=O) groups is 1. The summed E-state index contributed by atoms with van der Waals surface area (Å²) in [6, 6.07) is 12.0. The van der Waals surface area contributed by atoms with Crippen molar-refractivity contribution in [3.8, 4) is 0 Å². The molecule has 150 valence electrons. The van der Waals surface area contributed by atoms with Gasteiger partial charge >= 0.3 is 6.03 Å². The topological polar surface area (TPSA) is 35.6 Å². The summed E-state index contributed by atoms with van der Waals surface area (Å²) in [4.78, 5) is 16.3. The molecule has 0 aliphatic carbocycles. The molecular formula is C21H24BrF2N3O. The minimum atomic E-state index is -0.822. The summed E-state index contributed by atoms with van der Waals surface area (Å²) in [5.41, 5.74) is 1.83. The fraction of sp³-hybridized carbons (Fsp3) is 0.381. The average molecular weight is 452 g/mol. The molecule has 2 aromatic carbocycles. The molecule has 1 saturated heterocycles. The lowest BCUT2D eigenvalue weighted by Gasteiger charge is -2.33. The van der Waals surface area contributed by atoms with E-state index in [1.165, 1.54) is 12.1 Å². The van der Waals surface area contributed by atoms with Gasteiger partial charge in [0.15, 0.2) is 11.6 Å². The first-order valence-electron chi connectivity index (χ1n) is 9.33. The molecule has 28 heavy (non-hydrogen) atoms. The second-order valence-electron chi connectivity index (χ2n) is 7.23. The van der Waals surface area contributed by atoms with Gasteiger partial charge in [0.2, 0.25) is 0 Å². The third kappa shape index (κ3) is 5.75. The van der Waals surface area contributed by atoms with E-state index in [0.29, 0.717) is 13.1 Å². The molecule has 1 aliphatic rings. The lowest BCUT2D eigenvalue weighted by Crippen LogP contribution is -2.48. The van der Waals surface area contributed by atoms with Crippen molar-refractivity contribution in [3.05, 3.63) is 69.7 Å². The number of amides is 2. The minimum Gasteiger partial charge on any atom is -0.335 e. The second-order valence-corrected chi connectivity index (χ2v) is 8.15. The van der Waals surface area contributed by atoms with Crippen molar-refractivity contribution in [1.82, 2.24) is 15.1 Å². The summed E-state index contributed by atoms with van der Waals surface area (Å²) in [5.74, 6) is -1.63. The van der Waals surface area contributed by atoms with Crippen LogP contribution in [0.4, 0.5) is 13.6 Å². The largest absolute Gasteiger partial charge is 0.335 e. The van der Waals surface area contributed by atoms with Crippen molar-refractivity contribution < 1.29 is 13.6 Å².